The average molecular weight is 423 g/mol. The number of methoxy groups -OCH3 is 1. The molecule has 1 aromatic heterocycles. The molecule has 7 heteroatoms. The molecular formula is C23H26N4O2S. The monoisotopic (exact) mass is 422 g/mol. The SMILES string of the molecule is C=CCn1c(SCC(=O)Nc2c(C)cccc2CC)nnc1-c1ccc(OC)cc1. The van der Waals surface area contributed by atoms with Gasteiger partial charge in [0.15, 0.2) is 11.0 Å². The number of nitrogens with one attached hydrogen (secondary N) is 1. The van der Waals surface area contributed by atoms with Gasteiger partial charge in [0, 0.05) is 17.8 Å². The molecule has 2 aromatic carbocycles. The van der Waals surface area contributed by atoms with Crippen LogP contribution in [0.2, 0.25) is 0 Å². The van der Waals surface area contributed by atoms with Crippen LogP contribution in [0.15, 0.2) is 60.3 Å². The third-order valence-electron chi connectivity index (χ3n) is 4.71. The van der Waals surface area contributed by atoms with Crippen LogP contribution >= 0.6 is 11.8 Å². The summed E-state index contributed by atoms with van der Waals surface area (Å²) in [6, 6.07) is 13.7. The lowest BCUT2D eigenvalue weighted by atomic mass is 10.1. The number of anilines is 1. The fourth-order valence-corrected chi connectivity index (χ4v) is 3.90. The average Bonchev–Trinajstić information content (AvgIpc) is 3.16. The van der Waals surface area contributed by atoms with Crippen molar-refractivity contribution in [2.45, 2.75) is 32.0 Å². The number of carbonyl (C=O) groups excluding carboxylic acids is 1. The standard InChI is InChI=1S/C23H26N4O2S/c1-5-14-27-22(18-10-12-19(29-4)13-11-18)25-26-23(27)30-15-20(28)24-21-16(3)8-7-9-17(21)6-2/h5,7-13H,1,6,14-15H2,2-4H3,(H,24,28). The molecule has 3 rings (SSSR count). The van der Waals surface area contributed by atoms with E-state index in [1.54, 1.807) is 13.2 Å². The maximum absolute atomic E-state index is 12.6. The van der Waals surface area contributed by atoms with Crippen molar-refractivity contribution in [2.24, 2.45) is 0 Å². The van der Waals surface area contributed by atoms with E-state index < -0.39 is 0 Å². The highest BCUT2D eigenvalue weighted by Gasteiger charge is 2.16. The van der Waals surface area contributed by atoms with Gasteiger partial charge in [0.1, 0.15) is 5.75 Å². The largest absolute Gasteiger partial charge is 0.497 e. The molecule has 0 unspecified atom stereocenters. The first-order valence-corrected chi connectivity index (χ1v) is 10.8. The van der Waals surface area contributed by atoms with Crippen molar-refractivity contribution < 1.29 is 9.53 Å². The Hall–Kier alpha value is -3.06. The number of amides is 1. The Morgan fingerprint density at radius 2 is 2.00 bits per heavy atom. The maximum atomic E-state index is 12.6. The van der Waals surface area contributed by atoms with Crippen LogP contribution in [0.4, 0.5) is 5.69 Å². The van der Waals surface area contributed by atoms with E-state index in [2.05, 4.69) is 29.0 Å². The lowest BCUT2D eigenvalue weighted by Gasteiger charge is -2.13. The number of carbonyl (C=O) groups is 1. The molecule has 1 N–H and O–H groups in total. The minimum absolute atomic E-state index is 0.0665. The number of rotatable bonds is 9. The van der Waals surface area contributed by atoms with Crippen LogP contribution in [0.5, 0.6) is 5.75 Å². The van der Waals surface area contributed by atoms with Crippen molar-refractivity contribution >= 4 is 23.4 Å². The van der Waals surface area contributed by atoms with E-state index in [9.17, 15) is 4.79 Å². The van der Waals surface area contributed by atoms with Gasteiger partial charge in [0.2, 0.25) is 5.91 Å². The number of thioether (sulfide) groups is 1. The lowest BCUT2D eigenvalue weighted by Crippen LogP contribution is -2.16. The molecule has 0 radical (unpaired) electrons. The highest BCUT2D eigenvalue weighted by molar-refractivity contribution is 7.99. The number of hydrogen-bond donors (Lipinski definition) is 1. The van der Waals surface area contributed by atoms with Crippen LogP contribution in [0.3, 0.4) is 0 Å². The summed E-state index contributed by atoms with van der Waals surface area (Å²) in [4.78, 5) is 12.6. The molecule has 0 saturated heterocycles. The molecule has 0 bridgehead atoms. The molecule has 0 aliphatic rings. The zero-order valence-corrected chi connectivity index (χ0v) is 18.3. The quantitative estimate of drug-likeness (QED) is 0.398. The van der Waals surface area contributed by atoms with E-state index in [0.717, 1.165) is 40.4 Å². The van der Waals surface area contributed by atoms with Crippen molar-refractivity contribution in [1.82, 2.24) is 14.8 Å². The maximum Gasteiger partial charge on any atom is 0.234 e. The van der Waals surface area contributed by atoms with Crippen molar-refractivity contribution in [3.63, 3.8) is 0 Å². The number of aromatic nitrogens is 3. The first-order valence-electron chi connectivity index (χ1n) is 9.77. The number of aryl methyl sites for hydroxylation is 2. The predicted molar refractivity (Wildman–Crippen MR) is 122 cm³/mol. The van der Waals surface area contributed by atoms with E-state index in [4.69, 9.17) is 4.74 Å². The van der Waals surface area contributed by atoms with Crippen molar-refractivity contribution in [1.29, 1.82) is 0 Å². The van der Waals surface area contributed by atoms with Crippen LogP contribution in [-0.2, 0) is 17.8 Å². The molecule has 6 nitrogen and oxygen atoms in total. The predicted octanol–water partition coefficient (Wildman–Crippen LogP) is 4.74. The number of benzene rings is 2. The summed E-state index contributed by atoms with van der Waals surface area (Å²) in [6.07, 6.45) is 2.66. The van der Waals surface area contributed by atoms with Crippen molar-refractivity contribution in [3.8, 4) is 17.1 Å². The molecule has 0 fully saturated rings. The van der Waals surface area contributed by atoms with Crippen LogP contribution in [0.25, 0.3) is 11.4 Å². The zero-order valence-electron chi connectivity index (χ0n) is 17.5. The van der Waals surface area contributed by atoms with Gasteiger partial charge in [0.05, 0.1) is 12.9 Å². The smallest absolute Gasteiger partial charge is 0.234 e. The van der Waals surface area contributed by atoms with Crippen LogP contribution in [0, 0.1) is 6.92 Å². The van der Waals surface area contributed by atoms with Crippen LogP contribution < -0.4 is 10.1 Å². The van der Waals surface area contributed by atoms with Crippen molar-refractivity contribution in [2.75, 3.05) is 18.2 Å². The molecule has 0 saturated carbocycles. The first-order chi connectivity index (χ1) is 14.6. The Kier molecular flexibility index (Phi) is 7.30. The van der Waals surface area contributed by atoms with Gasteiger partial charge >= 0.3 is 0 Å². The molecule has 30 heavy (non-hydrogen) atoms. The summed E-state index contributed by atoms with van der Waals surface area (Å²) in [5.41, 5.74) is 4.01. The van der Waals surface area contributed by atoms with E-state index in [0.29, 0.717) is 11.7 Å². The minimum Gasteiger partial charge on any atom is -0.497 e. The first kappa shape index (κ1) is 21.6. The molecule has 1 heterocycles. The molecule has 156 valence electrons. The molecule has 0 aliphatic carbocycles. The van der Waals surface area contributed by atoms with Gasteiger partial charge in [-0.3, -0.25) is 9.36 Å². The highest BCUT2D eigenvalue weighted by atomic mass is 32.2. The van der Waals surface area contributed by atoms with Gasteiger partial charge in [-0.05, 0) is 48.7 Å². The molecule has 0 atom stereocenters. The second-order valence-corrected chi connectivity index (χ2v) is 7.68. The number of ether oxygens (including phenoxy) is 1. The van der Waals surface area contributed by atoms with Gasteiger partial charge in [-0.15, -0.1) is 16.8 Å². The molecule has 0 spiro atoms. The van der Waals surface area contributed by atoms with E-state index >= 15 is 0 Å². The highest BCUT2D eigenvalue weighted by Crippen LogP contribution is 2.26. The zero-order chi connectivity index (χ0) is 21.5. The third kappa shape index (κ3) is 4.91. The van der Waals surface area contributed by atoms with E-state index in [-0.39, 0.29) is 11.7 Å². The summed E-state index contributed by atoms with van der Waals surface area (Å²) < 4.78 is 7.18. The van der Waals surface area contributed by atoms with Gasteiger partial charge in [-0.2, -0.15) is 0 Å². The van der Waals surface area contributed by atoms with Gasteiger partial charge in [-0.1, -0.05) is 43.0 Å². The van der Waals surface area contributed by atoms with E-state index in [1.807, 2.05) is 54.0 Å². The third-order valence-corrected chi connectivity index (χ3v) is 5.68. The second-order valence-electron chi connectivity index (χ2n) is 6.73. The molecule has 3 aromatic rings. The molecule has 0 aliphatic heterocycles. The topological polar surface area (TPSA) is 69.0 Å². The Morgan fingerprint density at radius 1 is 1.23 bits per heavy atom. The summed E-state index contributed by atoms with van der Waals surface area (Å²) in [5, 5.41) is 12.4. The Labute approximate surface area is 181 Å². The number of para-hydroxylation sites is 1. The summed E-state index contributed by atoms with van der Waals surface area (Å²) in [5.74, 6) is 1.69. The van der Waals surface area contributed by atoms with Gasteiger partial charge in [-0.25, -0.2) is 0 Å². The Morgan fingerprint density at radius 3 is 2.67 bits per heavy atom. The summed E-state index contributed by atoms with van der Waals surface area (Å²) in [6.45, 7) is 8.47. The number of nitrogens with zero attached hydrogens (tertiary/aromatic N) is 3. The van der Waals surface area contributed by atoms with Gasteiger partial charge < -0.3 is 10.1 Å². The van der Waals surface area contributed by atoms with Crippen LogP contribution in [-0.4, -0.2) is 33.5 Å². The Bertz CT molecular complexity index is 1030. The normalized spacial score (nSPS) is 10.6. The van der Waals surface area contributed by atoms with Crippen molar-refractivity contribution in [3.05, 3.63) is 66.2 Å². The van der Waals surface area contributed by atoms with Gasteiger partial charge in [0.25, 0.3) is 0 Å². The summed E-state index contributed by atoms with van der Waals surface area (Å²) >= 11 is 1.36. The summed E-state index contributed by atoms with van der Waals surface area (Å²) in [7, 11) is 1.63. The second kappa shape index (κ2) is 10.1. The van der Waals surface area contributed by atoms with E-state index in [1.165, 1.54) is 11.8 Å². The minimum atomic E-state index is -0.0665. The van der Waals surface area contributed by atoms with Crippen LogP contribution in [0.1, 0.15) is 18.1 Å². The molecular weight excluding hydrogens is 396 g/mol. The Balaban J connectivity index is 1.74. The lowest BCUT2D eigenvalue weighted by molar-refractivity contribution is -0.113. The number of hydrogen-bond acceptors (Lipinski definition) is 5. The fraction of sp³-hybridized carbons (Fsp3) is 0.261. The fourth-order valence-electron chi connectivity index (χ4n) is 3.15. The number of allylic oxidation sites excluding steroid dienone is 1. The molecule has 1 amide bonds.